The summed E-state index contributed by atoms with van der Waals surface area (Å²) in [5.74, 6) is 0.364. The van der Waals surface area contributed by atoms with E-state index in [2.05, 4.69) is 17.1 Å². The zero-order valence-electron chi connectivity index (χ0n) is 14.5. The second-order valence-electron chi connectivity index (χ2n) is 6.15. The molecule has 0 saturated heterocycles. The van der Waals surface area contributed by atoms with Gasteiger partial charge in [-0.3, -0.25) is 9.69 Å². The Balaban J connectivity index is 1.43. The van der Waals surface area contributed by atoms with Crippen molar-refractivity contribution >= 4 is 74.0 Å². The maximum absolute atomic E-state index is 13.2. The average Bonchev–Trinajstić information content (AvgIpc) is 3.12. The Labute approximate surface area is 179 Å². The molecule has 2 heterocycles. The van der Waals surface area contributed by atoms with Crippen LogP contribution < -0.4 is 4.90 Å². The maximum Gasteiger partial charge on any atom is 0.242 e. The summed E-state index contributed by atoms with van der Waals surface area (Å²) in [4.78, 5) is 21.8. The summed E-state index contributed by atoms with van der Waals surface area (Å²) in [6, 6.07) is 21.7. The molecule has 0 bridgehead atoms. The van der Waals surface area contributed by atoms with E-state index in [1.54, 1.807) is 23.1 Å². The second kappa shape index (κ2) is 7.44. The monoisotopic (exact) mass is 440 g/mol. The molecular weight excluding hydrogens is 428 g/mol. The minimum Gasteiger partial charge on any atom is -0.278 e. The minimum atomic E-state index is 0.0440. The summed E-state index contributed by atoms with van der Waals surface area (Å²) in [5, 5.41) is 0.671. The minimum absolute atomic E-state index is 0.0440. The van der Waals surface area contributed by atoms with Crippen molar-refractivity contribution in [1.29, 1.82) is 0 Å². The number of hydrogen-bond donors (Lipinski definition) is 0. The van der Waals surface area contributed by atoms with Crippen molar-refractivity contribution in [2.45, 2.75) is 14.1 Å². The van der Waals surface area contributed by atoms with Gasteiger partial charge in [0, 0.05) is 14.8 Å². The summed E-state index contributed by atoms with van der Waals surface area (Å²) >= 11 is 10.8. The number of anilines is 2. The Kier molecular flexibility index (Phi) is 4.80. The molecule has 0 fully saturated rings. The molecule has 3 nitrogen and oxygen atoms in total. The van der Waals surface area contributed by atoms with E-state index in [1.165, 1.54) is 11.8 Å². The summed E-state index contributed by atoms with van der Waals surface area (Å²) in [6.45, 7) is 0. The lowest BCUT2D eigenvalue weighted by Gasteiger charge is -2.30. The quantitative estimate of drug-likeness (QED) is 0.325. The van der Waals surface area contributed by atoms with Crippen LogP contribution >= 0.6 is 46.5 Å². The normalized spacial score (nSPS) is 12.7. The molecule has 1 amide bonds. The van der Waals surface area contributed by atoms with Crippen molar-refractivity contribution in [3.05, 3.63) is 71.8 Å². The number of aromatic nitrogens is 1. The Morgan fingerprint density at radius 3 is 2.39 bits per heavy atom. The number of para-hydroxylation sites is 2. The maximum atomic E-state index is 13.2. The molecule has 0 aliphatic carbocycles. The van der Waals surface area contributed by atoms with Gasteiger partial charge in [-0.15, -0.1) is 11.3 Å². The fourth-order valence-electron chi connectivity index (χ4n) is 3.10. The number of rotatable bonds is 3. The van der Waals surface area contributed by atoms with Crippen molar-refractivity contribution < 1.29 is 4.79 Å². The van der Waals surface area contributed by atoms with E-state index in [9.17, 15) is 4.79 Å². The molecule has 0 unspecified atom stereocenters. The molecule has 138 valence electrons. The van der Waals surface area contributed by atoms with Gasteiger partial charge in [-0.05, 0) is 42.5 Å². The number of nitrogens with zero attached hydrogens (tertiary/aromatic N) is 2. The van der Waals surface area contributed by atoms with Crippen molar-refractivity contribution in [1.82, 2.24) is 4.98 Å². The van der Waals surface area contributed by atoms with Gasteiger partial charge in [0.25, 0.3) is 0 Å². The molecule has 0 atom stereocenters. The molecular formula is C21H13ClN2OS3. The van der Waals surface area contributed by atoms with E-state index < -0.39 is 0 Å². The van der Waals surface area contributed by atoms with Crippen LogP contribution in [0.3, 0.4) is 0 Å². The van der Waals surface area contributed by atoms with E-state index in [4.69, 9.17) is 11.6 Å². The topological polar surface area (TPSA) is 33.2 Å². The van der Waals surface area contributed by atoms with Gasteiger partial charge >= 0.3 is 0 Å². The number of fused-ring (bicyclic) bond motifs is 3. The van der Waals surface area contributed by atoms with Crippen LogP contribution in [0.1, 0.15) is 0 Å². The van der Waals surface area contributed by atoms with Gasteiger partial charge in [-0.2, -0.15) is 0 Å². The predicted molar refractivity (Wildman–Crippen MR) is 120 cm³/mol. The van der Waals surface area contributed by atoms with E-state index in [1.807, 2.05) is 59.5 Å². The van der Waals surface area contributed by atoms with Gasteiger partial charge in [0.1, 0.15) is 0 Å². The number of benzene rings is 3. The van der Waals surface area contributed by atoms with Crippen molar-refractivity contribution in [3.8, 4) is 0 Å². The Morgan fingerprint density at radius 2 is 1.68 bits per heavy atom. The van der Waals surface area contributed by atoms with Crippen LogP contribution in [0, 0.1) is 0 Å². The second-order valence-corrected chi connectivity index (χ2v) is 9.92. The average molecular weight is 441 g/mol. The number of thiazole rings is 1. The molecule has 0 N–H and O–H groups in total. The van der Waals surface area contributed by atoms with Crippen LogP contribution in [0.25, 0.3) is 10.2 Å². The third-order valence-electron chi connectivity index (χ3n) is 4.33. The van der Waals surface area contributed by atoms with E-state index in [-0.39, 0.29) is 5.91 Å². The summed E-state index contributed by atoms with van der Waals surface area (Å²) < 4.78 is 1.95. The molecule has 0 spiro atoms. The highest BCUT2D eigenvalue weighted by molar-refractivity contribution is 8.01. The Bertz CT molecular complexity index is 1160. The molecule has 0 radical (unpaired) electrons. The number of amides is 1. The Morgan fingerprint density at radius 1 is 1.00 bits per heavy atom. The van der Waals surface area contributed by atoms with Crippen LogP contribution in [0.2, 0.25) is 5.02 Å². The van der Waals surface area contributed by atoms with Crippen molar-refractivity contribution in [3.63, 3.8) is 0 Å². The van der Waals surface area contributed by atoms with E-state index in [0.29, 0.717) is 10.8 Å². The fraction of sp³-hybridized carbons (Fsp3) is 0.0476. The summed E-state index contributed by atoms with van der Waals surface area (Å²) in [7, 11) is 0. The molecule has 0 saturated carbocycles. The molecule has 5 rings (SSSR count). The van der Waals surface area contributed by atoms with Crippen molar-refractivity contribution in [2.75, 3.05) is 10.7 Å². The first-order chi connectivity index (χ1) is 13.7. The largest absolute Gasteiger partial charge is 0.278 e. The summed E-state index contributed by atoms with van der Waals surface area (Å²) in [6.07, 6.45) is 0. The molecule has 1 aliphatic heterocycles. The van der Waals surface area contributed by atoms with Crippen molar-refractivity contribution in [2.24, 2.45) is 0 Å². The molecule has 4 aromatic rings. The first-order valence-corrected chi connectivity index (χ1v) is 11.6. The van der Waals surface area contributed by atoms with Crippen LogP contribution in [0.15, 0.2) is 80.9 Å². The highest BCUT2D eigenvalue weighted by atomic mass is 35.5. The first-order valence-electron chi connectivity index (χ1n) is 8.57. The van der Waals surface area contributed by atoms with Gasteiger partial charge in [0.05, 0.1) is 27.3 Å². The lowest BCUT2D eigenvalue weighted by molar-refractivity contribution is -0.115. The van der Waals surface area contributed by atoms with Crippen LogP contribution in [-0.2, 0) is 4.79 Å². The van der Waals surface area contributed by atoms with Gasteiger partial charge in [-0.1, -0.05) is 59.4 Å². The van der Waals surface area contributed by atoms with Gasteiger partial charge < -0.3 is 0 Å². The third-order valence-corrected chi connectivity index (χ3v) is 7.86. The highest BCUT2D eigenvalue weighted by Crippen LogP contribution is 2.48. The predicted octanol–water partition coefficient (Wildman–Crippen LogP) is 6.87. The van der Waals surface area contributed by atoms with E-state index >= 15 is 0 Å². The molecule has 7 heteroatoms. The smallest absolute Gasteiger partial charge is 0.242 e. The standard InChI is InChI=1S/C21H13ClN2OS3/c22-13-9-10-17-14(11-13)23-21(28-17)26-12-20(25)24-15-5-1-3-7-18(15)27-19-8-4-2-6-16(19)24/h1-11H,12H2. The SMILES string of the molecule is O=C(CSc1nc2cc(Cl)ccc2s1)N1c2ccccc2Sc2ccccc21. The lowest BCUT2D eigenvalue weighted by atomic mass is 10.2. The fourth-order valence-corrected chi connectivity index (χ4v) is 6.22. The highest BCUT2D eigenvalue weighted by Gasteiger charge is 2.27. The van der Waals surface area contributed by atoms with Crippen LogP contribution in [0.4, 0.5) is 11.4 Å². The number of carbonyl (C=O) groups is 1. The lowest BCUT2D eigenvalue weighted by Crippen LogP contribution is -2.29. The number of halogens is 1. The number of carbonyl (C=O) groups excluding carboxylic acids is 1. The van der Waals surface area contributed by atoms with Gasteiger partial charge in [-0.25, -0.2) is 4.98 Å². The molecule has 3 aromatic carbocycles. The van der Waals surface area contributed by atoms with Crippen LogP contribution in [0.5, 0.6) is 0 Å². The zero-order valence-corrected chi connectivity index (χ0v) is 17.7. The Hall–Kier alpha value is -1.99. The molecule has 1 aromatic heterocycles. The first kappa shape index (κ1) is 18.1. The summed E-state index contributed by atoms with van der Waals surface area (Å²) in [5.41, 5.74) is 2.75. The number of thioether (sulfide) groups is 1. The van der Waals surface area contributed by atoms with Gasteiger partial charge in [0.15, 0.2) is 4.34 Å². The van der Waals surface area contributed by atoms with Gasteiger partial charge in [0.2, 0.25) is 5.91 Å². The van der Waals surface area contributed by atoms with E-state index in [0.717, 1.165) is 35.7 Å². The molecule has 1 aliphatic rings. The van der Waals surface area contributed by atoms with Crippen LogP contribution in [-0.4, -0.2) is 16.6 Å². The molecule has 28 heavy (non-hydrogen) atoms. The zero-order chi connectivity index (χ0) is 19.1. The number of hydrogen-bond acceptors (Lipinski definition) is 5. The third kappa shape index (κ3) is 3.31.